The van der Waals surface area contributed by atoms with Crippen LogP contribution in [0.5, 0.6) is 5.75 Å². The number of ether oxygens (including phenoxy) is 1. The van der Waals surface area contributed by atoms with Crippen molar-refractivity contribution in [2.75, 3.05) is 12.8 Å². The van der Waals surface area contributed by atoms with Gasteiger partial charge < -0.3 is 10.5 Å². The fraction of sp³-hybridized carbons (Fsp3) is 0.0667. The molecule has 2 aromatic carbocycles. The number of anilines is 1. The Labute approximate surface area is 126 Å². The third-order valence-corrected chi connectivity index (χ3v) is 3.30. The number of hydrogen-bond acceptors (Lipinski definition) is 4. The molecular formula is C15H13ClN4O. The predicted molar refractivity (Wildman–Crippen MR) is 82.8 cm³/mol. The molecular weight excluding hydrogens is 288 g/mol. The maximum absolute atomic E-state index is 6.04. The van der Waals surface area contributed by atoms with E-state index in [1.54, 1.807) is 30.0 Å². The van der Waals surface area contributed by atoms with Crippen LogP contribution in [0.1, 0.15) is 0 Å². The van der Waals surface area contributed by atoms with Crippen molar-refractivity contribution in [3.8, 4) is 22.7 Å². The molecule has 5 nitrogen and oxygen atoms in total. The van der Waals surface area contributed by atoms with E-state index in [0.29, 0.717) is 22.2 Å². The Bertz CT molecular complexity index is 785. The zero-order chi connectivity index (χ0) is 14.8. The number of benzene rings is 2. The maximum Gasteiger partial charge on any atom is 0.128 e. The summed E-state index contributed by atoms with van der Waals surface area (Å²) in [6.07, 6.45) is 1.81. The highest BCUT2D eigenvalue weighted by atomic mass is 35.5. The smallest absolute Gasteiger partial charge is 0.128 e. The second-order valence-corrected chi connectivity index (χ2v) is 4.92. The molecule has 6 heteroatoms. The van der Waals surface area contributed by atoms with Gasteiger partial charge in [-0.3, -0.25) is 0 Å². The van der Waals surface area contributed by atoms with Gasteiger partial charge in [-0.05, 0) is 36.4 Å². The Balaban J connectivity index is 2.04. The summed E-state index contributed by atoms with van der Waals surface area (Å²) < 4.78 is 6.99. The number of rotatable bonds is 3. The molecule has 0 atom stereocenters. The average molecular weight is 301 g/mol. The molecule has 0 aliphatic carbocycles. The summed E-state index contributed by atoms with van der Waals surface area (Å²) in [7, 11) is 1.61. The molecule has 0 fully saturated rings. The van der Waals surface area contributed by atoms with Crippen LogP contribution in [0.15, 0.2) is 48.7 Å². The number of nitrogens with zero attached hydrogens (tertiary/aromatic N) is 3. The van der Waals surface area contributed by atoms with E-state index in [4.69, 9.17) is 22.1 Å². The summed E-state index contributed by atoms with van der Waals surface area (Å²) >= 11 is 6.04. The van der Waals surface area contributed by atoms with Gasteiger partial charge in [-0.2, -0.15) is 0 Å². The van der Waals surface area contributed by atoms with E-state index in [1.165, 1.54) is 0 Å². The van der Waals surface area contributed by atoms with Crippen molar-refractivity contribution in [1.29, 1.82) is 0 Å². The highest BCUT2D eigenvalue weighted by Gasteiger charge is 2.11. The van der Waals surface area contributed by atoms with E-state index >= 15 is 0 Å². The van der Waals surface area contributed by atoms with Gasteiger partial charge in [0.15, 0.2) is 0 Å². The van der Waals surface area contributed by atoms with E-state index < -0.39 is 0 Å². The molecule has 0 unspecified atom stereocenters. The minimum Gasteiger partial charge on any atom is -0.496 e. The lowest BCUT2D eigenvalue weighted by Crippen LogP contribution is -1.95. The van der Waals surface area contributed by atoms with Crippen molar-refractivity contribution in [3.05, 3.63) is 53.7 Å². The molecule has 0 amide bonds. The van der Waals surface area contributed by atoms with Gasteiger partial charge in [0, 0.05) is 16.3 Å². The molecule has 21 heavy (non-hydrogen) atoms. The van der Waals surface area contributed by atoms with Gasteiger partial charge in [0.05, 0.1) is 19.0 Å². The minimum atomic E-state index is 0.615. The van der Waals surface area contributed by atoms with E-state index in [9.17, 15) is 0 Å². The summed E-state index contributed by atoms with van der Waals surface area (Å²) in [5.41, 5.74) is 8.76. The van der Waals surface area contributed by atoms with Gasteiger partial charge in [0.25, 0.3) is 0 Å². The number of hydrogen-bond donors (Lipinski definition) is 1. The second-order valence-electron chi connectivity index (χ2n) is 4.49. The van der Waals surface area contributed by atoms with Gasteiger partial charge in [0.2, 0.25) is 0 Å². The van der Waals surface area contributed by atoms with Crippen LogP contribution in [0.4, 0.5) is 5.69 Å². The number of halogens is 1. The van der Waals surface area contributed by atoms with Crippen LogP contribution in [0.2, 0.25) is 5.02 Å². The molecule has 106 valence electrons. The second kappa shape index (κ2) is 5.46. The fourth-order valence-corrected chi connectivity index (χ4v) is 2.23. The van der Waals surface area contributed by atoms with Crippen molar-refractivity contribution in [2.24, 2.45) is 0 Å². The number of aromatic nitrogens is 3. The summed E-state index contributed by atoms with van der Waals surface area (Å²) in [4.78, 5) is 0. The first-order chi connectivity index (χ1) is 10.2. The van der Waals surface area contributed by atoms with Gasteiger partial charge in [-0.1, -0.05) is 22.9 Å². The van der Waals surface area contributed by atoms with Crippen LogP contribution >= 0.6 is 11.6 Å². The third-order valence-electron chi connectivity index (χ3n) is 3.07. The monoisotopic (exact) mass is 300 g/mol. The first-order valence-corrected chi connectivity index (χ1v) is 6.67. The standard InChI is InChI=1S/C15H13ClN4O/c1-21-15-6-5-10(16)7-13(15)14-9-20(19-18-14)12-4-2-3-11(17)8-12/h2-9H,17H2,1H3. The predicted octanol–water partition coefficient (Wildman–Crippen LogP) is 3.18. The SMILES string of the molecule is COc1ccc(Cl)cc1-c1cn(-c2cccc(N)c2)nn1. The number of nitrogens with two attached hydrogens (primary N) is 1. The lowest BCUT2D eigenvalue weighted by Gasteiger charge is -2.05. The van der Waals surface area contributed by atoms with Crippen LogP contribution in [0, 0.1) is 0 Å². The lowest BCUT2D eigenvalue weighted by molar-refractivity contribution is 0.416. The topological polar surface area (TPSA) is 66.0 Å². The lowest BCUT2D eigenvalue weighted by atomic mass is 10.1. The first kappa shape index (κ1) is 13.5. The van der Waals surface area contributed by atoms with Crippen molar-refractivity contribution in [3.63, 3.8) is 0 Å². The molecule has 0 aliphatic heterocycles. The molecule has 0 saturated heterocycles. The Hall–Kier alpha value is -2.53. The zero-order valence-electron chi connectivity index (χ0n) is 11.3. The molecule has 0 bridgehead atoms. The van der Waals surface area contributed by atoms with Crippen LogP contribution in [0.25, 0.3) is 16.9 Å². The van der Waals surface area contributed by atoms with Crippen LogP contribution in [0.3, 0.4) is 0 Å². The molecule has 0 spiro atoms. The zero-order valence-corrected chi connectivity index (χ0v) is 12.1. The minimum absolute atomic E-state index is 0.615. The average Bonchev–Trinajstić information content (AvgIpc) is 2.97. The third kappa shape index (κ3) is 2.68. The van der Waals surface area contributed by atoms with Crippen molar-refractivity contribution in [2.45, 2.75) is 0 Å². The van der Waals surface area contributed by atoms with E-state index in [1.807, 2.05) is 30.5 Å². The Kier molecular flexibility index (Phi) is 3.50. The number of methoxy groups -OCH3 is 1. The van der Waals surface area contributed by atoms with Gasteiger partial charge >= 0.3 is 0 Å². The van der Waals surface area contributed by atoms with Crippen LogP contribution < -0.4 is 10.5 Å². The normalized spacial score (nSPS) is 10.6. The van der Waals surface area contributed by atoms with Gasteiger partial charge in [-0.25, -0.2) is 4.68 Å². The Morgan fingerprint density at radius 2 is 2.05 bits per heavy atom. The Morgan fingerprint density at radius 1 is 1.19 bits per heavy atom. The van der Waals surface area contributed by atoms with Gasteiger partial charge in [-0.15, -0.1) is 5.10 Å². The first-order valence-electron chi connectivity index (χ1n) is 6.29. The molecule has 0 aliphatic rings. The number of nitrogen functional groups attached to an aromatic ring is 1. The van der Waals surface area contributed by atoms with Crippen LogP contribution in [-0.4, -0.2) is 22.1 Å². The highest BCUT2D eigenvalue weighted by Crippen LogP contribution is 2.31. The Morgan fingerprint density at radius 3 is 2.81 bits per heavy atom. The summed E-state index contributed by atoms with van der Waals surface area (Å²) in [6.45, 7) is 0. The molecule has 1 heterocycles. The van der Waals surface area contributed by atoms with Gasteiger partial charge in [0.1, 0.15) is 11.4 Å². The quantitative estimate of drug-likeness (QED) is 0.754. The summed E-state index contributed by atoms with van der Waals surface area (Å²) in [6, 6.07) is 12.8. The molecule has 3 rings (SSSR count). The van der Waals surface area contributed by atoms with Crippen molar-refractivity contribution < 1.29 is 4.74 Å². The van der Waals surface area contributed by atoms with Crippen LogP contribution in [-0.2, 0) is 0 Å². The van der Waals surface area contributed by atoms with Crippen molar-refractivity contribution in [1.82, 2.24) is 15.0 Å². The molecule has 2 N–H and O–H groups in total. The van der Waals surface area contributed by atoms with Crippen molar-refractivity contribution >= 4 is 17.3 Å². The molecule has 0 saturated carbocycles. The highest BCUT2D eigenvalue weighted by molar-refractivity contribution is 6.30. The van der Waals surface area contributed by atoms with E-state index in [-0.39, 0.29) is 0 Å². The molecule has 3 aromatic rings. The largest absolute Gasteiger partial charge is 0.496 e. The summed E-state index contributed by atoms with van der Waals surface area (Å²) in [5, 5.41) is 8.91. The maximum atomic E-state index is 6.04. The molecule has 1 aromatic heterocycles. The molecule has 0 radical (unpaired) electrons. The van der Waals surface area contributed by atoms with E-state index in [0.717, 1.165) is 11.3 Å². The van der Waals surface area contributed by atoms with E-state index in [2.05, 4.69) is 10.3 Å². The fourth-order valence-electron chi connectivity index (χ4n) is 2.06. The summed E-state index contributed by atoms with van der Waals surface area (Å²) in [5.74, 6) is 0.694.